The fourth-order valence-electron chi connectivity index (χ4n) is 4.08. The summed E-state index contributed by atoms with van der Waals surface area (Å²) in [4.78, 5) is 39.0. The average molecular weight is 438 g/mol. The molecule has 2 aliphatic rings. The molecule has 1 aromatic carbocycles. The number of hydrazone groups is 1. The summed E-state index contributed by atoms with van der Waals surface area (Å²) in [5.41, 5.74) is 7.17. The van der Waals surface area contributed by atoms with E-state index in [4.69, 9.17) is 5.73 Å². The minimum atomic E-state index is -0.670. The van der Waals surface area contributed by atoms with Crippen LogP contribution in [0.25, 0.3) is 0 Å². The largest absolute Gasteiger partial charge is 0.368 e. The molecule has 0 saturated carbocycles. The Hall–Kier alpha value is -3.69. The Kier molecular flexibility index (Phi) is 6.20. The first-order valence-corrected chi connectivity index (χ1v) is 10.7. The molecule has 0 aliphatic carbocycles. The number of carbonyl (C=O) groups is 3. The molecule has 2 aliphatic heterocycles. The number of aromatic nitrogens is 2. The Labute approximate surface area is 186 Å². The molecule has 3 N–H and O–H groups in total. The number of primary amides is 1. The highest BCUT2D eigenvalue weighted by molar-refractivity contribution is 6.40. The average Bonchev–Trinajstić information content (AvgIpc) is 3.45. The van der Waals surface area contributed by atoms with Crippen LogP contribution in [-0.2, 0) is 16.6 Å². The van der Waals surface area contributed by atoms with Gasteiger partial charge in [-0.25, -0.2) is 0 Å². The lowest BCUT2D eigenvalue weighted by molar-refractivity contribution is -0.125. The summed E-state index contributed by atoms with van der Waals surface area (Å²) in [5.74, 6) is -0.518. The molecule has 4 rings (SSSR count). The zero-order valence-corrected chi connectivity index (χ0v) is 18.0. The molecular formula is C22H27N7O3. The Morgan fingerprint density at radius 2 is 1.88 bits per heavy atom. The Morgan fingerprint density at radius 1 is 1.16 bits per heavy atom. The van der Waals surface area contributed by atoms with Crippen molar-refractivity contribution in [2.75, 3.05) is 24.6 Å². The standard InChI is InChI=1S/C22H27N7O3/c1-27-14-16(13-25-27)21(31)24-12-15-7-9-28(10-8-15)22(32)18-11-19(20(23)30)29(26-18)17-5-3-2-4-6-17/h2-6,13-15,19H,7-12H2,1H3,(H2,23,30)(H,24,31). The van der Waals surface area contributed by atoms with Gasteiger partial charge in [-0.15, -0.1) is 0 Å². The van der Waals surface area contributed by atoms with Crippen molar-refractivity contribution in [3.63, 3.8) is 0 Å². The van der Waals surface area contributed by atoms with Crippen LogP contribution >= 0.6 is 0 Å². The van der Waals surface area contributed by atoms with E-state index in [1.165, 1.54) is 11.2 Å². The van der Waals surface area contributed by atoms with Crippen molar-refractivity contribution in [3.8, 4) is 0 Å². The van der Waals surface area contributed by atoms with Crippen LogP contribution in [-0.4, -0.2) is 63.8 Å². The van der Waals surface area contributed by atoms with E-state index in [0.717, 1.165) is 18.5 Å². The maximum Gasteiger partial charge on any atom is 0.270 e. The van der Waals surface area contributed by atoms with E-state index in [1.54, 1.807) is 22.8 Å². The monoisotopic (exact) mass is 437 g/mol. The van der Waals surface area contributed by atoms with E-state index in [9.17, 15) is 14.4 Å². The number of amides is 3. The molecule has 32 heavy (non-hydrogen) atoms. The van der Waals surface area contributed by atoms with Gasteiger partial charge in [-0.1, -0.05) is 18.2 Å². The number of anilines is 1. The fraction of sp³-hybridized carbons (Fsp3) is 0.409. The predicted molar refractivity (Wildman–Crippen MR) is 119 cm³/mol. The third kappa shape index (κ3) is 4.63. The molecule has 1 atom stereocenters. The lowest BCUT2D eigenvalue weighted by Crippen LogP contribution is -2.44. The summed E-state index contributed by atoms with van der Waals surface area (Å²) in [5, 5.41) is 12.9. The number of carbonyl (C=O) groups excluding carboxylic acids is 3. The highest BCUT2D eigenvalue weighted by Gasteiger charge is 2.37. The molecule has 10 nitrogen and oxygen atoms in total. The van der Waals surface area contributed by atoms with Gasteiger partial charge in [0.05, 0.1) is 17.4 Å². The first kappa shape index (κ1) is 21.5. The maximum atomic E-state index is 13.0. The molecule has 168 valence electrons. The van der Waals surface area contributed by atoms with Crippen molar-refractivity contribution in [1.29, 1.82) is 0 Å². The Balaban J connectivity index is 1.32. The first-order valence-electron chi connectivity index (χ1n) is 10.7. The van der Waals surface area contributed by atoms with Gasteiger partial charge in [0.1, 0.15) is 11.8 Å². The number of rotatable bonds is 6. The van der Waals surface area contributed by atoms with Crippen molar-refractivity contribution in [3.05, 3.63) is 48.3 Å². The van der Waals surface area contributed by atoms with Crippen LogP contribution in [0.3, 0.4) is 0 Å². The molecule has 0 radical (unpaired) electrons. The normalized spacial score (nSPS) is 19.0. The van der Waals surface area contributed by atoms with Crippen molar-refractivity contribution in [2.24, 2.45) is 23.8 Å². The van der Waals surface area contributed by atoms with Crippen LogP contribution in [0.5, 0.6) is 0 Å². The SMILES string of the molecule is Cn1cc(C(=O)NCC2CCN(C(=O)C3=NN(c4ccccc4)C(C(N)=O)C3)CC2)cn1. The Morgan fingerprint density at radius 3 is 2.50 bits per heavy atom. The zero-order chi connectivity index (χ0) is 22.7. The third-order valence-electron chi connectivity index (χ3n) is 5.93. The number of nitrogens with one attached hydrogen (secondary N) is 1. The van der Waals surface area contributed by atoms with Gasteiger partial charge < -0.3 is 16.0 Å². The number of hydrogen-bond donors (Lipinski definition) is 2. The second kappa shape index (κ2) is 9.21. The Bertz CT molecular complexity index is 1030. The summed E-state index contributed by atoms with van der Waals surface area (Å²) in [6.07, 6.45) is 4.99. The molecule has 1 unspecified atom stereocenters. The summed E-state index contributed by atoms with van der Waals surface area (Å²) in [6, 6.07) is 8.56. The number of hydrogen-bond acceptors (Lipinski definition) is 6. The number of likely N-dealkylation sites (tertiary alicyclic amines) is 1. The molecule has 3 amide bonds. The molecule has 0 bridgehead atoms. The van der Waals surface area contributed by atoms with Gasteiger partial charge in [0.2, 0.25) is 5.91 Å². The number of benzene rings is 1. The van der Waals surface area contributed by atoms with E-state index in [1.807, 2.05) is 30.3 Å². The summed E-state index contributed by atoms with van der Waals surface area (Å²) >= 11 is 0. The van der Waals surface area contributed by atoms with Gasteiger partial charge in [-0.2, -0.15) is 10.2 Å². The highest BCUT2D eigenvalue weighted by atomic mass is 16.2. The number of piperidine rings is 1. The molecule has 1 saturated heterocycles. The number of aryl methyl sites for hydroxylation is 1. The quantitative estimate of drug-likeness (QED) is 0.681. The minimum absolute atomic E-state index is 0.143. The minimum Gasteiger partial charge on any atom is -0.368 e. The van der Waals surface area contributed by atoms with Gasteiger partial charge in [0.25, 0.3) is 11.8 Å². The fourth-order valence-corrected chi connectivity index (χ4v) is 4.08. The van der Waals surface area contributed by atoms with Gasteiger partial charge in [-0.05, 0) is 30.9 Å². The van der Waals surface area contributed by atoms with Crippen molar-refractivity contribution in [1.82, 2.24) is 20.0 Å². The number of para-hydroxylation sites is 1. The van der Waals surface area contributed by atoms with Crippen molar-refractivity contribution in [2.45, 2.75) is 25.3 Å². The lowest BCUT2D eigenvalue weighted by atomic mass is 9.96. The second-order valence-corrected chi connectivity index (χ2v) is 8.20. The van der Waals surface area contributed by atoms with Gasteiger partial charge in [0.15, 0.2) is 0 Å². The van der Waals surface area contributed by atoms with Gasteiger partial charge in [-0.3, -0.25) is 24.1 Å². The van der Waals surface area contributed by atoms with Crippen LogP contribution in [0.15, 0.2) is 47.8 Å². The van der Waals surface area contributed by atoms with Crippen LogP contribution in [0.1, 0.15) is 29.6 Å². The molecule has 2 aromatic rings. The number of nitrogens with two attached hydrogens (primary N) is 1. The predicted octanol–water partition coefficient (Wildman–Crippen LogP) is 0.509. The topological polar surface area (TPSA) is 126 Å². The molecule has 10 heteroatoms. The van der Waals surface area contributed by atoms with Crippen LogP contribution in [0.2, 0.25) is 0 Å². The number of nitrogens with zero attached hydrogens (tertiary/aromatic N) is 5. The van der Waals surface area contributed by atoms with Gasteiger partial charge >= 0.3 is 0 Å². The molecule has 3 heterocycles. The van der Waals surface area contributed by atoms with E-state index >= 15 is 0 Å². The molecular weight excluding hydrogens is 410 g/mol. The van der Waals surface area contributed by atoms with Gasteiger partial charge in [0, 0.05) is 39.3 Å². The molecule has 1 fully saturated rings. The van der Waals surface area contributed by atoms with Crippen molar-refractivity contribution < 1.29 is 14.4 Å². The molecule has 1 aromatic heterocycles. The first-order chi connectivity index (χ1) is 15.4. The molecule has 0 spiro atoms. The third-order valence-corrected chi connectivity index (χ3v) is 5.93. The van der Waals surface area contributed by atoms with E-state index in [2.05, 4.69) is 15.5 Å². The van der Waals surface area contributed by atoms with E-state index in [-0.39, 0.29) is 18.2 Å². The van der Waals surface area contributed by atoms with Crippen LogP contribution in [0.4, 0.5) is 5.69 Å². The second-order valence-electron chi connectivity index (χ2n) is 8.20. The lowest BCUT2D eigenvalue weighted by Gasteiger charge is -2.32. The van der Waals surface area contributed by atoms with Crippen LogP contribution in [0, 0.1) is 5.92 Å². The van der Waals surface area contributed by atoms with E-state index < -0.39 is 11.9 Å². The smallest absolute Gasteiger partial charge is 0.270 e. The summed E-state index contributed by atoms with van der Waals surface area (Å²) < 4.78 is 1.59. The van der Waals surface area contributed by atoms with E-state index in [0.29, 0.717) is 36.8 Å². The zero-order valence-electron chi connectivity index (χ0n) is 18.0. The maximum absolute atomic E-state index is 13.0. The summed E-state index contributed by atoms with van der Waals surface area (Å²) in [7, 11) is 1.77. The van der Waals surface area contributed by atoms with Crippen molar-refractivity contribution >= 4 is 29.1 Å². The highest BCUT2D eigenvalue weighted by Crippen LogP contribution is 2.26. The summed E-state index contributed by atoms with van der Waals surface area (Å²) in [6.45, 7) is 1.72. The van der Waals surface area contributed by atoms with Crippen LogP contribution < -0.4 is 16.1 Å².